The highest BCUT2D eigenvalue weighted by atomic mass is 35.5. The van der Waals surface area contributed by atoms with Gasteiger partial charge in [-0.3, -0.25) is 9.59 Å². The minimum Gasteiger partial charge on any atom is -0.481 e. The van der Waals surface area contributed by atoms with Crippen LogP contribution in [-0.4, -0.2) is 35.0 Å². The number of likely N-dealkylation sites (tertiary alicyclic amines) is 1. The van der Waals surface area contributed by atoms with E-state index in [9.17, 15) is 14.7 Å². The second-order valence-electron chi connectivity index (χ2n) is 5.67. The molecule has 0 saturated carbocycles. The van der Waals surface area contributed by atoms with Crippen LogP contribution in [-0.2, 0) is 4.79 Å². The third-order valence-electron chi connectivity index (χ3n) is 4.56. The van der Waals surface area contributed by atoms with Crippen LogP contribution in [0.25, 0.3) is 0 Å². The second kappa shape index (κ2) is 6.06. The van der Waals surface area contributed by atoms with Gasteiger partial charge in [-0.25, -0.2) is 0 Å². The summed E-state index contributed by atoms with van der Waals surface area (Å²) in [6.07, 6.45) is 1.58. The molecule has 0 spiro atoms. The number of amides is 1. The third kappa shape index (κ3) is 2.91. The Labute approximate surface area is 129 Å². The number of carbonyl (C=O) groups is 2. The Bertz CT molecular complexity index is 563. The fourth-order valence-corrected chi connectivity index (χ4v) is 3.05. The van der Waals surface area contributed by atoms with Crippen molar-refractivity contribution in [2.24, 2.45) is 5.41 Å². The lowest BCUT2D eigenvalue weighted by atomic mass is 9.76. The summed E-state index contributed by atoms with van der Waals surface area (Å²) in [7, 11) is 0. The zero-order chi connectivity index (χ0) is 15.6. The van der Waals surface area contributed by atoms with Gasteiger partial charge in [0.25, 0.3) is 5.91 Å². The number of rotatable bonds is 3. The van der Waals surface area contributed by atoms with Gasteiger partial charge in [0.15, 0.2) is 0 Å². The quantitative estimate of drug-likeness (QED) is 0.931. The standard InChI is InChI=1S/C16H20ClNO3/c1-3-16(15(20)21)7-9-18(10-8-16)14(19)12-6-4-5-11(2)13(12)17/h4-6H,3,7-10H2,1-2H3,(H,20,21). The number of carboxylic acid groups (broad SMARTS) is 1. The molecule has 4 nitrogen and oxygen atoms in total. The van der Waals surface area contributed by atoms with Crippen molar-refractivity contribution < 1.29 is 14.7 Å². The maximum Gasteiger partial charge on any atom is 0.309 e. The van der Waals surface area contributed by atoms with E-state index in [1.807, 2.05) is 26.0 Å². The van der Waals surface area contributed by atoms with Crippen molar-refractivity contribution in [3.05, 3.63) is 34.3 Å². The van der Waals surface area contributed by atoms with Crippen LogP contribution in [0.1, 0.15) is 42.1 Å². The summed E-state index contributed by atoms with van der Waals surface area (Å²) >= 11 is 6.20. The van der Waals surface area contributed by atoms with E-state index in [4.69, 9.17) is 11.6 Å². The molecular formula is C16H20ClNO3. The van der Waals surface area contributed by atoms with Gasteiger partial charge in [0.1, 0.15) is 0 Å². The first-order chi connectivity index (χ1) is 9.91. The number of piperidine rings is 1. The lowest BCUT2D eigenvalue weighted by molar-refractivity contribution is -0.152. The molecule has 1 aliphatic rings. The lowest BCUT2D eigenvalue weighted by Crippen LogP contribution is -2.46. The molecule has 21 heavy (non-hydrogen) atoms. The van der Waals surface area contributed by atoms with E-state index < -0.39 is 11.4 Å². The van der Waals surface area contributed by atoms with Crippen LogP contribution in [0.3, 0.4) is 0 Å². The number of nitrogens with zero attached hydrogens (tertiary/aromatic N) is 1. The molecule has 114 valence electrons. The van der Waals surface area contributed by atoms with Gasteiger partial charge in [-0.1, -0.05) is 30.7 Å². The van der Waals surface area contributed by atoms with Crippen molar-refractivity contribution in [2.45, 2.75) is 33.1 Å². The van der Waals surface area contributed by atoms with Crippen LogP contribution < -0.4 is 0 Å². The van der Waals surface area contributed by atoms with E-state index in [1.54, 1.807) is 11.0 Å². The number of hydrogen-bond donors (Lipinski definition) is 1. The number of halogens is 1. The zero-order valence-corrected chi connectivity index (χ0v) is 13.1. The maximum absolute atomic E-state index is 12.5. The van der Waals surface area contributed by atoms with Crippen LogP contribution in [0.2, 0.25) is 5.02 Å². The minimum atomic E-state index is -0.759. The van der Waals surface area contributed by atoms with Gasteiger partial charge >= 0.3 is 5.97 Å². The van der Waals surface area contributed by atoms with Gasteiger partial charge in [-0.05, 0) is 37.8 Å². The number of hydrogen-bond acceptors (Lipinski definition) is 2. The summed E-state index contributed by atoms with van der Waals surface area (Å²) in [4.78, 5) is 25.7. The summed E-state index contributed by atoms with van der Waals surface area (Å²) in [5, 5.41) is 9.87. The molecule has 1 fully saturated rings. The largest absolute Gasteiger partial charge is 0.481 e. The van der Waals surface area contributed by atoms with Gasteiger partial charge < -0.3 is 10.0 Å². The molecule has 1 amide bonds. The monoisotopic (exact) mass is 309 g/mol. The third-order valence-corrected chi connectivity index (χ3v) is 5.06. The average molecular weight is 310 g/mol. The first-order valence-corrected chi connectivity index (χ1v) is 7.57. The molecule has 0 unspecified atom stereocenters. The Kier molecular flexibility index (Phi) is 4.57. The van der Waals surface area contributed by atoms with Crippen LogP contribution in [0, 0.1) is 12.3 Å². The second-order valence-corrected chi connectivity index (χ2v) is 6.05. The fourth-order valence-electron chi connectivity index (χ4n) is 2.84. The number of aryl methyl sites for hydroxylation is 1. The number of benzene rings is 1. The fraction of sp³-hybridized carbons (Fsp3) is 0.500. The molecule has 1 heterocycles. The highest BCUT2D eigenvalue weighted by Gasteiger charge is 2.41. The van der Waals surface area contributed by atoms with Crippen molar-refractivity contribution in [3.63, 3.8) is 0 Å². The first kappa shape index (κ1) is 15.8. The smallest absolute Gasteiger partial charge is 0.309 e. The summed E-state index contributed by atoms with van der Waals surface area (Å²) in [5.41, 5.74) is 0.677. The van der Waals surface area contributed by atoms with E-state index >= 15 is 0 Å². The molecule has 1 aromatic carbocycles. The van der Waals surface area contributed by atoms with Crippen LogP contribution in [0.4, 0.5) is 0 Å². The van der Waals surface area contributed by atoms with Gasteiger partial charge in [0.05, 0.1) is 16.0 Å². The Morgan fingerprint density at radius 1 is 1.33 bits per heavy atom. The number of aliphatic carboxylic acids is 1. The molecule has 1 aromatic rings. The number of carboxylic acids is 1. The van der Waals surface area contributed by atoms with E-state index in [0.29, 0.717) is 42.9 Å². The van der Waals surface area contributed by atoms with Crippen LogP contribution in [0.15, 0.2) is 18.2 Å². The van der Waals surface area contributed by atoms with E-state index in [-0.39, 0.29) is 5.91 Å². The van der Waals surface area contributed by atoms with Crippen molar-refractivity contribution in [1.29, 1.82) is 0 Å². The van der Waals surface area contributed by atoms with Crippen molar-refractivity contribution in [2.75, 3.05) is 13.1 Å². The highest BCUT2D eigenvalue weighted by Crippen LogP contribution is 2.36. The predicted octanol–water partition coefficient (Wildman–Crippen LogP) is 3.37. The predicted molar refractivity (Wildman–Crippen MR) is 81.7 cm³/mol. The lowest BCUT2D eigenvalue weighted by Gasteiger charge is -2.38. The molecule has 0 aliphatic carbocycles. The zero-order valence-electron chi connectivity index (χ0n) is 12.4. The molecule has 0 bridgehead atoms. The Hall–Kier alpha value is -1.55. The van der Waals surface area contributed by atoms with Crippen molar-refractivity contribution in [1.82, 2.24) is 4.90 Å². The van der Waals surface area contributed by atoms with Crippen LogP contribution in [0.5, 0.6) is 0 Å². The van der Waals surface area contributed by atoms with Gasteiger partial charge in [0, 0.05) is 13.1 Å². The molecule has 2 rings (SSSR count). The average Bonchev–Trinajstić information content (AvgIpc) is 2.49. The Balaban J connectivity index is 2.14. The summed E-state index contributed by atoms with van der Waals surface area (Å²) in [5.74, 6) is -0.871. The normalized spacial score (nSPS) is 17.6. The van der Waals surface area contributed by atoms with E-state index in [1.165, 1.54) is 0 Å². The minimum absolute atomic E-state index is 0.112. The van der Waals surface area contributed by atoms with E-state index in [0.717, 1.165) is 5.56 Å². The molecule has 1 aliphatic heterocycles. The van der Waals surface area contributed by atoms with Gasteiger partial charge in [-0.15, -0.1) is 0 Å². The van der Waals surface area contributed by atoms with Crippen molar-refractivity contribution >= 4 is 23.5 Å². The SMILES string of the molecule is CCC1(C(=O)O)CCN(C(=O)c2cccc(C)c2Cl)CC1. The topological polar surface area (TPSA) is 57.6 Å². The van der Waals surface area contributed by atoms with Crippen LogP contribution >= 0.6 is 11.6 Å². The molecule has 0 aromatic heterocycles. The summed E-state index contributed by atoms with van der Waals surface area (Å²) in [6, 6.07) is 5.39. The molecular weight excluding hydrogens is 290 g/mol. The number of carbonyl (C=O) groups excluding carboxylic acids is 1. The van der Waals surface area contributed by atoms with Gasteiger partial charge in [-0.2, -0.15) is 0 Å². The molecule has 0 radical (unpaired) electrons. The van der Waals surface area contributed by atoms with Gasteiger partial charge in [0.2, 0.25) is 0 Å². The highest BCUT2D eigenvalue weighted by molar-refractivity contribution is 6.34. The molecule has 0 atom stereocenters. The first-order valence-electron chi connectivity index (χ1n) is 7.19. The molecule has 1 N–H and O–H groups in total. The van der Waals surface area contributed by atoms with E-state index in [2.05, 4.69) is 0 Å². The van der Waals surface area contributed by atoms with Crippen molar-refractivity contribution in [3.8, 4) is 0 Å². The Morgan fingerprint density at radius 2 is 1.95 bits per heavy atom. The summed E-state index contributed by atoms with van der Waals surface area (Å²) < 4.78 is 0. The maximum atomic E-state index is 12.5. The summed E-state index contributed by atoms with van der Waals surface area (Å²) in [6.45, 7) is 4.68. The molecule has 1 saturated heterocycles. The Morgan fingerprint density at radius 3 is 2.48 bits per heavy atom. The molecule has 5 heteroatoms.